The molecule has 2 aromatic rings. The number of carbonyl (C=O) groups is 1. The predicted octanol–water partition coefficient (Wildman–Crippen LogP) is 1.26. The summed E-state index contributed by atoms with van der Waals surface area (Å²) in [6.45, 7) is 0. The average molecular weight is 230 g/mol. The molecule has 86 valence electrons. The van der Waals surface area contributed by atoms with E-state index in [9.17, 15) is 9.59 Å². The third kappa shape index (κ3) is 2.08. The van der Waals surface area contributed by atoms with E-state index in [-0.39, 0.29) is 5.56 Å². The van der Waals surface area contributed by atoms with Crippen LogP contribution in [-0.4, -0.2) is 23.6 Å². The second-order valence-electron chi connectivity index (χ2n) is 3.36. The third-order valence-corrected chi connectivity index (χ3v) is 2.34. The number of para-hydroxylation sites is 1. The molecule has 2 rings (SSSR count). The molecule has 0 aliphatic rings. The van der Waals surface area contributed by atoms with Crippen LogP contribution in [0.4, 0.5) is 0 Å². The number of H-pyrrole nitrogens is 1. The Morgan fingerprint density at radius 1 is 1.35 bits per heavy atom. The maximum Gasteiger partial charge on any atom is 0.274 e. The zero-order valence-corrected chi connectivity index (χ0v) is 9.14. The quantitative estimate of drug-likeness (QED) is 0.805. The van der Waals surface area contributed by atoms with Crippen molar-refractivity contribution in [3.05, 3.63) is 46.2 Å². The lowest BCUT2D eigenvalue weighted by Crippen LogP contribution is -2.13. The van der Waals surface area contributed by atoms with Gasteiger partial charge in [0, 0.05) is 5.56 Å². The first kappa shape index (κ1) is 11.1. The van der Waals surface area contributed by atoms with E-state index in [2.05, 4.69) is 10.2 Å². The lowest BCUT2D eigenvalue weighted by atomic mass is 10.1. The van der Waals surface area contributed by atoms with Crippen molar-refractivity contribution in [3.63, 3.8) is 0 Å². The molecule has 5 nitrogen and oxygen atoms in total. The number of rotatable bonds is 3. The van der Waals surface area contributed by atoms with Gasteiger partial charge >= 0.3 is 0 Å². The lowest BCUT2D eigenvalue weighted by Gasteiger charge is -2.06. The zero-order valence-electron chi connectivity index (χ0n) is 9.14. The van der Waals surface area contributed by atoms with Gasteiger partial charge in [0.25, 0.3) is 5.56 Å². The van der Waals surface area contributed by atoms with Gasteiger partial charge in [-0.3, -0.25) is 9.59 Å². The summed E-state index contributed by atoms with van der Waals surface area (Å²) in [4.78, 5) is 21.9. The van der Waals surface area contributed by atoms with Crippen molar-refractivity contribution < 1.29 is 9.53 Å². The zero-order chi connectivity index (χ0) is 12.3. The smallest absolute Gasteiger partial charge is 0.274 e. The second kappa shape index (κ2) is 4.61. The monoisotopic (exact) mass is 230 g/mol. The summed E-state index contributed by atoms with van der Waals surface area (Å²) < 4.78 is 5.18. The molecule has 5 heteroatoms. The van der Waals surface area contributed by atoms with Gasteiger partial charge in [0.05, 0.1) is 18.4 Å². The molecule has 1 heterocycles. The number of aromatic nitrogens is 2. The van der Waals surface area contributed by atoms with E-state index < -0.39 is 5.56 Å². The highest BCUT2D eigenvalue weighted by atomic mass is 16.5. The van der Waals surface area contributed by atoms with E-state index in [4.69, 9.17) is 4.74 Å². The third-order valence-electron chi connectivity index (χ3n) is 2.34. The average Bonchev–Trinajstić information content (AvgIpc) is 2.39. The minimum absolute atomic E-state index is 0.0425. The molecular weight excluding hydrogens is 220 g/mol. The van der Waals surface area contributed by atoms with Crippen LogP contribution < -0.4 is 10.3 Å². The van der Waals surface area contributed by atoms with E-state index in [0.29, 0.717) is 23.3 Å². The topological polar surface area (TPSA) is 72.1 Å². The van der Waals surface area contributed by atoms with Crippen LogP contribution in [0.25, 0.3) is 11.3 Å². The molecule has 1 aromatic carbocycles. The summed E-state index contributed by atoms with van der Waals surface area (Å²) in [5.41, 5.74) is 0.748. The van der Waals surface area contributed by atoms with E-state index in [1.807, 2.05) is 12.1 Å². The number of aldehydes is 1. The molecule has 0 unspecified atom stereocenters. The summed E-state index contributed by atoms with van der Waals surface area (Å²) >= 11 is 0. The molecule has 17 heavy (non-hydrogen) atoms. The largest absolute Gasteiger partial charge is 0.496 e. The molecule has 0 amide bonds. The van der Waals surface area contributed by atoms with Gasteiger partial charge in [0.1, 0.15) is 5.75 Å². The fourth-order valence-electron chi connectivity index (χ4n) is 1.50. The molecule has 0 aliphatic carbocycles. The number of nitrogens with zero attached hydrogens (tertiary/aromatic N) is 1. The number of methoxy groups -OCH3 is 1. The number of ether oxygens (including phenoxy) is 1. The van der Waals surface area contributed by atoms with Crippen LogP contribution in [0.15, 0.2) is 35.1 Å². The van der Waals surface area contributed by atoms with Crippen molar-refractivity contribution in [2.24, 2.45) is 0 Å². The van der Waals surface area contributed by atoms with Gasteiger partial charge < -0.3 is 4.74 Å². The lowest BCUT2D eigenvalue weighted by molar-refractivity contribution is 0.112. The van der Waals surface area contributed by atoms with Crippen molar-refractivity contribution in [3.8, 4) is 17.0 Å². The van der Waals surface area contributed by atoms with E-state index in [1.54, 1.807) is 19.2 Å². The molecule has 1 aromatic heterocycles. The van der Waals surface area contributed by atoms with Gasteiger partial charge in [-0.1, -0.05) is 12.1 Å². The maximum atomic E-state index is 11.2. The molecule has 0 spiro atoms. The Morgan fingerprint density at radius 3 is 2.82 bits per heavy atom. The summed E-state index contributed by atoms with van der Waals surface area (Å²) in [5.74, 6) is 0.629. The van der Waals surface area contributed by atoms with Crippen LogP contribution in [0.1, 0.15) is 10.4 Å². The number of hydrogen-bond donors (Lipinski definition) is 1. The first-order chi connectivity index (χ1) is 8.26. The van der Waals surface area contributed by atoms with Crippen molar-refractivity contribution in [2.75, 3.05) is 7.11 Å². The standard InChI is InChI=1S/C12H10N2O3/c1-17-11-5-3-2-4-9(11)10-6-8(7-15)12(16)14-13-10/h2-7H,1H3,(H,14,16). The Hall–Kier alpha value is -2.43. The number of hydrogen-bond acceptors (Lipinski definition) is 4. The fraction of sp³-hybridized carbons (Fsp3) is 0.0833. The summed E-state index contributed by atoms with van der Waals surface area (Å²) in [6, 6.07) is 8.67. The van der Waals surface area contributed by atoms with Gasteiger partial charge in [0.2, 0.25) is 0 Å². The summed E-state index contributed by atoms with van der Waals surface area (Å²) in [5, 5.41) is 6.17. The normalized spacial score (nSPS) is 9.94. The second-order valence-corrected chi connectivity index (χ2v) is 3.36. The van der Waals surface area contributed by atoms with E-state index in [0.717, 1.165) is 0 Å². The van der Waals surface area contributed by atoms with Gasteiger partial charge in [-0.2, -0.15) is 5.10 Å². The van der Waals surface area contributed by atoms with Gasteiger partial charge in [0.15, 0.2) is 6.29 Å². The van der Waals surface area contributed by atoms with Gasteiger partial charge in [-0.05, 0) is 18.2 Å². The van der Waals surface area contributed by atoms with Crippen LogP contribution in [-0.2, 0) is 0 Å². The minimum atomic E-state index is -0.501. The molecule has 0 atom stereocenters. The minimum Gasteiger partial charge on any atom is -0.496 e. The summed E-state index contributed by atoms with van der Waals surface area (Å²) in [6.07, 6.45) is 0.499. The molecule has 0 radical (unpaired) electrons. The van der Waals surface area contributed by atoms with Crippen molar-refractivity contribution >= 4 is 6.29 Å². The Morgan fingerprint density at radius 2 is 2.12 bits per heavy atom. The van der Waals surface area contributed by atoms with Gasteiger partial charge in [-0.25, -0.2) is 5.10 Å². The Balaban J connectivity index is 2.60. The van der Waals surface area contributed by atoms with Crippen LogP contribution in [0.2, 0.25) is 0 Å². The first-order valence-electron chi connectivity index (χ1n) is 4.94. The first-order valence-corrected chi connectivity index (χ1v) is 4.94. The van der Waals surface area contributed by atoms with E-state index >= 15 is 0 Å². The molecule has 0 bridgehead atoms. The molecule has 0 saturated carbocycles. The molecule has 1 N–H and O–H groups in total. The number of benzene rings is 1. The Kier molecular flexibility index (Phi) is 3.00. The van der Waals surface area contributed by atoms with Crippen LogP contribution in [0, 0.1) is 0 Å². The molecule has 0 aliphatic heterocycles. The number of aromatic amines is 1. The Labute approximate surface area is 97.1 Å². The van der Waals surface area contributed by atoms with Crippen LogP contribution >= 0.6 is 0 Å². The van der Waals surface area contributed by atoms with Crippen LogP contribution in [0.3, 0.4) is 0 Å². The molecule has 0 fully saturated rings. The van der Waals surface area contributed by atoms with Crippen LogP contribution in [0.5, 0.6) is 5.75 Å². The fourth-order valence-corrected chi connectivity index (χ4v) is 1.50. The SMILES string of the molecule is COc1ccccc1-c1cc(C=O)c(=O)[nH]n1. The van der Waals surface area contributed by atoms with Gasteiger partial charge in [-0.15, -0.1) is 0 Å². The molecular formula is C12H10N2O3. The highest BCUT2D eigenvalue weighted by molar-refractivity contribution is 5.77. The predicted molar refractivity (Wildman–Crippen MR) is 62.2 cm³/mol. The number of carbonyl (C=O) groups excluding carboxylic acids is 1. The van der Waals surface area contributed by atoms with Crippen molar-refractivity contribution in [2.45, 2.75) is 0 Å². The van der Waals surface area contributed by atoms with E-state index in [1.165, 1.54) is 6.07 Å². The Bertz CT molecular complexity index is 605. The number of nitrogens with one attached hydrogen (secondary N) is 1. The van der Waals surface area contributed by atoms with Crippen molar-refractivity contribution in [1.82, 2.24) is 10.2 Å². The highest BCUT2D eigenvalue weighted by Gasteiger charge is 2.08. The summed E-state index contributed by atoms with van der Waals surface area (Å²) in [7, 11) is 1.55. The van der Waals surface area contributed by atoms with Crippen molar-refractivity contribution in [1.29, 1.82) is 0 Å². The maximum absolute atomic E-state index is 11.2. The molecule has 0 saturated heterocycles. The highest BCUT2D eigenvalue weighted by Crippen LogP contribution is 2.27.